The Morgan fingerprint density at radius 1 is 0.895 bits per heavy atom. The van der Waals surface area contributed by atoms with E-state index in [1.165, 1.54) is 0 Å². The second-order valence-electron chi connectivity index (χ2n) is 9.58. The number of amides is 3. The minimum atomic E-state index is -0.837. The summed E-state index contributed by atoms with van der Waals surface area (Å²) in [7, 11) is 3.11. The number of hydrogen-bond acceptors (Lipinski definition) is 7. The number of nitrogens with one attached hydrogen (secondary N) is 3. The molecule has 0 aliphatic heterocycles. The third-order valence-corrected chi connectivity index (χ3v) is 5.35. The number of benzene rings is 2. The predicted octanol–water partition coefficient (Wildman–Crippen LogP) is 4.31. The summed E-state index contributed by atoms with van der Waals surface area (Å²) in [6.45, 7) is 6.01. The molecule has 0 aliphatic carbocycles. The highest BCUT2D eigenvalue weighted by Gasteiger charge is 2.22. The van der Waals surface area contributed by atoms with Crippen LogP contribution in [0.25, 0.3) is 0 Å². The molecule has 0 bridgehead atoms. The zero-order valence-corrected chi connectivity index (χ0v) is 22.8. The standard InChI is InChI=1S/C28H39N3O7/c1-28(2,3)38-26(33)29-16-10-9-13-23(31-27(34)37-19-20-11-7-6-8-12-20)25(32)30-18-21-17-22(35-4)14-15-24(21)36-5/h6-8,11-12,14-15,17,23H,9-10,13,16,18-19H2,1-5H3,(H,29,33)(H,30,32)(H,31,34)/t23-/m0/s1. The number of hydrogen-bond donors (Lipinski definition) is 3. The molecule has 0 aromatic heterocycles. The summed E-state index contributed by atoms with van der Waals surface area (Å²) in [5.74, 6) is 0.865. The molecule has 0 fully saturated rings. The van der Waals surface area contributed by atoms with E-state index >= 15 is 0 Å². The molecule has 0 saturated carbocycles. The monoisotopic (exact) mass is 529 g/mol. The zero-order chi connectivity index (χ0) is 28.0. The van der Waals surface area contributed by atoms with Crippen molar-refractivity contribution >= 4 is 18.1 Å². The van der Waals surface area contributed by atoms with Crippen molar-refractivity contribution in [3.8, 4) is 11.5 Å². The van der Waals surface area contributed by atoms with E-state index in [1.54, 1.807) is 53.2 Å². The van der Waals surface area contributed by atoms with Crippen LogP contribution in [-0.2, 0) is 27.4 Å². The van der Waals surface area contributed by atoms with Crippen molar-refractivity contribution in [2.24, 2.45) is 0 Å². The van der Waals surface area contributed by atoms with Gasteiger partial charge in [-0.05, 0) is 63.8 Å². The maximum absolute atomic E-state index is 13.1. The van der Waals surface area contributed by atoms with Crippen molar-refractivity contribution in [1.82, 2.24) is 16.0 Å². The fourth-order valence-electron chi connectivity index (χ4n) is 3.48. The van der Waals surface area contributed by atoms with Crippen LogP contribution >= 0.6 is 0 Å². The smallest absolute Gasteiger partial charge is 0.408 e. The number of methoxy groups -OCH3 is 2. The van der Waals surface area contributed by atoms with E-state index in [1.807, 2.05) is 30.3 Å². The molecule has 10 nitrogen and oxygen atoms in total. The first kappa shape index (κ1) is 30.3. The lowest BCUT2D eigenvalue weighted by atomic mass is 10.1. The first-order valence-electron chi connectivity index (χ1n) is 12.5. The number of ether oxygens (including phenoxy) is 4. The minimum absolute atomic E-state index is 0.0851. The van der Waals surface area contributed by atoms with Gasteiger partial charge in [-0.2, -0.15) is 0 Å². The van der Waals surface area contributed by atoms with Crippen LogP contribution in [0.4, 0.5) is 9.59 Å². The highest BCUT2D eigenvalue weighted by Crippen LogP contribution is 2.23. The molecule has 1 atom stereocenters. The summed E-state index contributed by atoms with van der Waals surface area (Å²) in [5, 5.41) is 8.21. The van der Waals surface area contributed by atoms with Crippen LogP contribution in [0.5, 0.6) is 11.5 Å². The van der Waals surface area contributed by atoms with E-state index in [4.69, 9.17) is 18.9 Å². The van der Waals surface area contributed by atoms with E-state index in [0.29, 0.717) is 37.3 Å². The Bertz CT molecular complexity index is 1040. The van der Waals surface area contributed by atoms with Crippen molar-refractivity contribution in [3.05, 3.63) is 59.7 Å². The van der Waals surface area contributed by atoms with E-state index in [2.05, 4.69) is 16.0 Å². The zero-order valence-electron chi connectivity index (χ0n) is 22.8. The molecule has 0 unspecified atom stereocenters. The van der Waals surface area contributed by atoms with Crippen molar-refractivity contribution < 1.29 is 33.3 Å². The molecule has 0 aliphatic rings. The molecule has 0 heterocycles. The largest absolute Gasteiger partial charge is 0.497 e. The second-order valence-corrected chi connectivity index (χ2v) is 9.58. The van der Waals surface area contributed by atoms with Gasteiger partial charge in [-0.3, -0.25) is 4.79 Å². The number of rotatable bonds is 13. The summed E-state index contributed by atoms with van der Waals surface area (Å²) in [6.07, 6.45) is 0.307. The Morgan fingerprint density at radius 2 is 1.63 bits per heavy atom. The minimum Gasteiger partial charge on any atom is -0.497 e. The molecular weight excluding hydrogens is 490 g/mol. The van der Waals surface area contributed by atoms with Gasteiger partial charge in [0.05, 0.1) is 14.2 Å². The van der Waals surface area contributed by atoms with Crippen molar-refractivity contribution in [2.45, 2.75) is 64.8 Å². The first-order valence-corrected chi connectivity index (χ1v) is 12.5. The first-order chi connectivity index (χ1) is 18.1. The average Bonchev–Trinajstić information content (AvgIpc) is 2.89. The van der Waals surface area contributed by atoms with Gasteiger partial charge in [-0.25, -0.2) is 9.59 Å². The fraction of sp³-hybridized carbons (Fsp3) is 0.464. The van der Waals surface area contributed by atoms with E-state index < -0.39 is 23.8 Å². The van der Waals surface area contributed by atoms with Gasteiger partial charge in [0.1, 0.15) is 29.7 Å². The van der Waals surface area contributed by atoms with Crippen molar-refractivity contribution in [1.29, 1.82) is 0 Å². The highest BCUT2D eigenvalue weighted by molar-refractivity contribution is 5.85. The number of carbonyl (C=O) groups excluding carboxylic acids is 3. The fourth-order valence-corrected chi connectivity index (χ4v) is 3.48. The Hall–Kier alpha value is -3.95. The molecule has 38 heavy (non-hydrogen) atoms. The third kappa shape index (κ3) is 11.4. The second kappa shape index (κ2) is 15.3. The SMILES string of the molecule is COc1ccc(OC)c(CNC(=O)[C@H](CCCCNC(=O)OC(C)(C)C)NC(=O)OCc2ccccc2)c1. The van der Waals surface area contributed by atoms with Gasteiger partial charge < -0.3 is 34.9 Å². The summed E-state index contributed by atoms with van der Waals surface area (Å²) in [5.41, 5.74) is 0.983. The number of carbonyl (C=O) groups is 3. The molecular formula is C28H39N3O7. The molecule has 0 spiro atoms. The highest BCUT2D eigenvalue weighted by atomic mass is 16.6. The summed E-state index contributed by atoms with van der Waals surface area (Å²) >= 11 is 0. The van der Waals surface area contributed by atoms with Gasteiger partial charge >= 0.3 is 12.2 Å². The lowest BCUT2D eigenvalue weighted by molar-refractivity contribution is -0.123. The predicted molar refractivity (Wildman–Crippen MR) is 143 cm³/mol. The quantitative estimate of drug-likeness (QED) is 0.330. The Balaban J connectivity index is 1.95. The van der Waals surface area contributed by atoms with Crippen LogP contribution in [0.2, 0.25) is 0 Å². The molecule has 2 aromatic carbocycles. The molecule has 3 N–H and O–H groups in total. The van der Waals surface area contributed by atoms with Crippen molar-refractivity contribution in [2.75, 3.05) is 20.8 Å². The van der Waals surface area contributed by atoms with Gasteiger partial charge in [0.2, 0.25) is 5.91 Å². The van der Waals surface area contributed by atoms with Crippen molar-refractivity contribution in [3.63, 3.8) is 0 Å². The normalized spacial score (nSPS) is 11.6. The molecule has 0 radical (unpaired) electrons. The molecule has 2 rings (SSSR count). The topological polar surface area (TPSA) is 124 Å². The molecule has 10 heteroatoms. The molecule has 3 amide bonds. The van der Waals surface area contributed by atoms with Crippen LogP contribution in [0.3, 0.4) is 0 Å². The van der Waals surface area contributed by atoms with Crippen LogP contribution in [0, 0.1) is 0 Å². The van der Waals surface area contributed by atoms with Gasteiger partial charge in [-0.1, -0.05) is 30.3 Å². The van der Waals surface area contributed by atoms with Gasteiger partial charge in [-0.15, -0.1) is 0 Å². The lowest BCUT2D eigenvalue weighted by Gasteiger charge is -2.20. The van der Waals surface area contributed by atoms with E-state index in [9.17, 15) is 14.4 Å². The molecule has 208 valence electrons. The average molecular weight is 530 g/mol. The van der Waals surface area contributed by atoms with Crippen LogP contribution in [0.15, 0.2) is 48.5 Å². The Morgan fingerprint density at radius 3 is 2.29 bits per heavy atom. The maximum atomic E-state index is 13.1. The summed E-state index contributed by atoms with van der Waals surface area (Å²) in [4.78, 5) is 37.4. The van der Waals surface area contributed by atoms with Crippen LogP contribution in [0.1, 0.15) is 51.2 Å². The molecule has 0 saturated heterocycles. The van der Waals surface area contributed by atoms with Gasteiger partial charge in [0.15, 0.2) is 0 Å². The van der Waals surface area contributed by atoms with Gasteiger partial charge in [0, 0.05) is 18.7 Å². The van der Waals surface area contributed by atoms with Crippen LogP contribution < -0.4 is 25.4 Å². The van der Waals surface area contributed by atoms with E-state index in [0.717, 1.165) is 11.1 Å². The molecule has 2 aromatic rings. The Labute approximate surface area is 224 Å². The number of unbranched alkanes of at least 4 members (excludes halogenated alkanes) is 1. The van der Waals surface area contributed by atoms with Crippen LogP contribution in [-0.4, -0.2) is 50.5 Å². The van der Waals surface area contributed by atoms with Gasteiger partial charge in [0.25, 0.3) is 0 Å². The third-order valence-electron chi connectivity index (χ3n) is 5.35. The Kier molecular flexibility index (Phi) is 12.2. The summed E-state index contributed by atoms with van der Waals surface area (Å²) < 4.78 is 21.2. The summed E-state index contributed by atoms with van der Waals surface area (Å²) in [6, 6.07) is 13.7. The lowest BCUT2D eigenvalue weighted by Crippen LogP contribution is -2.46. The van der Waals surface area contributed by atoms with E-state index in [-0.39, 0.29) is 19.1 Å². The maximum Gasteiger partial charge on any atom is 0.408 e. The number of alkyl carbamates (subject to hydrolysis) is 2.